The number of carbonyl (C=O) groups is 1. The van der Waals surface area contributed by atoms with Crippen molar-refractivity contribution in [1.29, 1.82) is 0 Å². The fraction of sp³-hybridized carbons (Fsp3) is 0.250. The molecule has 0 bridgehead atoms. The molecule has 1 heterocycles. The molecule has 2 nitrogen and oxygen atoms in total. The Labute approximate surface area is 83.3 Å². The van der Waals surface area contributed by atoms with Gasteiger partial charge in [-0.1, -0.05) is 24.8 Å². The van der Waals surface area contributed by atoms with Crippen molar-refractivity contribution >= 4 is 5.78 Å². The molecule has 1 aliphatic carbocycles. The molecule has 0 N–H and O–H groups in total. The van der Waals surface area contributed by atoms with E-state index in [-0.39, 0.29) is 17.8 Å². The second kappa shape index (κ2) is 3.29. The third kappa shape index (κ3) is 1.43. The highest BCUT2D eigenvalue weighted by Gasteiger charge is 2.29. The van der Waals surface area contributed by atoms with Gasteiger partial charge in [0.2, 0.25) is 5.78 Å². The van der Waals surface area contributed by atoms with E-state index in [1.54, 1.807) is 6.92 Å². The van der Waals surface area contributed by atoms with Crippen molar-refractivity contribution in [3.05, 3.63) is 48.3 Å². The summed E-state index contributed by atoms with van der Waals surface area (Å²) in [6, 6.07) is 0. The molecule has 2 unspecified atom stereocenters. The molecule has 0 saturated carbocycles. The predicted octanol–water partition coefficient (Wildman–Crippen LogP) is 2.16. The molecule has 2 aliphatic rings. The van der Waals surface area contributed by atoms with Crippen LogP contribution in [0.25, 0.3) is 0 Å². The van der Waals surface area contributed by atoms with Crippen LogP contribution in [0.4, 0.5) is 0 Å². The van der Waals surface area contributed by atoms with E-state index in [2.05, 4.69) is 6.58 Å². The molecule has 2 heteroatoms. The van der Waals surface area contributed by atoms with Gasteiger partial charge in [-0.3, -0.25) is 4.79 Å². The summed E-state index contributed by atoms with van der Waals surface area (Å²) in [5, 5.41) is 0. The first-order valence-corrected chi connectivity index (χ1v) is 4.62. The lowest BCUT2D eigenvalue weighted by Crippen LogP contribution is -2.14. The Bertz CT molecular complexity index is 372. The number of ether oxygens (including phenoxy) is 1. The van der Waals surface area contributed by atoms with Crippen LogP contribution in [-0.2, 0) is 9.53 Å². The number of carbonyl (C=O) groups excluding carboxylic acids is 1. The maximum absolute atomic E-state index is 11.5. The molecule has 0 aromatic heterocycles. The Hall–Kier alpha value is -1.57. The highest BCUT2D eigenvalue weighted by molar-refractivity contribution is 6.06. The second-order valence-corrected chi connectivity index (χ2v) is 3.57. The van der Waals surface area contributed by atoms with Crippen molar-refractivity contribution in [2.24, 2.45) is 5.92 Å². The van der Waals surface area contributed by atoms with Gasteiger partial charge in [-0.25, -0.2) is 0 Å². The molecule has 14 heavy (non-hydrogen) atoms. The number of hydrogen-bond donors (Lipinski definition) is 0. The quantitative estimate of drug-likeness (QED) is 0.621. The van der Waals surface area contributed by atoms with Gasteiger partial charge in [-0.15, -0.1) is 0 Å². The Balaban J connectivity index is 2.19. The summed E-state index contributed by atoms with van der Waals surface area (Å²) in [5.41, 5.74) is 0.517. The minimum Gasteiger partial charge on any atom is -0.482 e. The summed E-state index contributed by atoms with van der Waals surface area (Å²) in [6.45, 7) is 5.31. The Morgan fingerprint density at radius 3 is 2.79 bits per heavy atom. The van der Waals surface area contributed by atoms with Gasteiger partial charge in [0.05, 0.1) is 0 Å². The van der Waals surface area contributed by atoms with E-state index >= 15 is 0 Å². The zero-order valence-corrected chi connectivity index (χ0v) is 8.07. The van der Waals surface area contributed by atoms with Crippen LogP contribution in [0, 0.1) is 5.92 Å². The molecule has 0 spiro atoms. The lowest BCUT2D eigenvalue weighted by atomic mass is 9.99. The van der Waals surface area contributed by atoms with Gasteiger partial charge in [-0.2, -0.15) is 0 Å². The lowest BCUT2D eigenvalue weighted by Gasteiger charge is -2.14. The molecule has 0 aromatic carbocycles. The smallest absolute Gasteiger partial charge is 0.222 e. The van der Waals surface area contributed by atoms with Crippen LogP contribution < -0.4 is 0 Å². The van der Waals surface area contributed by atoms with Crippen LogP contribution in [-0.4, -0.2) is 11.9 Å². The maximum atomic E-state index is 11.5. The van der Waals surface area contributed by atoms with Gasteiger partial charge in [-0.05, 0) is 24.6 Å². The molecule has 0 saturated heterocycles. The first-order chi connectivity index (χ1) is 6.68. The Kier molecular flexibility index (Phi) is 2.12. The van der Waals surface area contributed by atoms with Crippen molar-refractivity contribution in [3.63, 3.8) is 0 Å². The molecule has 0 amide bonds. The van der Waals surface area contributed by atoms with Crippen molar-refractivity contribution in [2.45, 2.75) is 13.0 Å². The van der Waals surface area contributed by atoms with E-state index in [1.165, 1.54) is 0 Å². The summed E-state index contributed by atoms with van der Waals surface area (Å²) in [4.78, 5) is 11.5. The number of hydrogen-bond acceptors (Lipinski definition) is 2. The molecule has 0 aromatic rings. The summed E-state index contributed by atoms with van der Waals surface area (Å²) in [5.74, 6) is 0.545. The first-order valence-electron chi connectivity index (χ1n) is 4.62. The zero-order valence-electron chi connectivity index (χ0n) is 8.07. The van der Waals surface area contributed by atoms with Crippen LogP contribution >= 0.6 is 0 Å². The fourth-order valence-electron chi connectivity index (χ4n) is 1.57. The van der Waals surface area contributed by atoms with E-state index in [9.17, 15) is 4.79 Å². The average Bonchev–Trinajstić information content (AvgIpc) is 2.59. The van der Waals surface area contributed by atoms with Crippen LogP contribution in [0.5, 0.6) is 0 Å². The van der Waals surface area contributed by atoms with Crippen molar-refractivity contribution in [3.8, 4) is 0 Å². The number of Topliss-reactive ketones (excluding diaryl/α,β-unsaturated/α-hetero) is 1. The monoisotopic (exact) mass is 188 g/mol. The number of fused-ring (bicyclic) bond motifs is 1. The van der Waals surface area contributed by atoms with Gasteiger partial charge in [0, 0.05) is 5.92 Å². The minimum atomic E-state index is -0.0961. The molecule has 0 fully saturated rings. The van der Waals surface area contributed by atoms with Gasteiger partial charge in [0.15, 0.2) is 5.76 Å². The number of allylic oxidation sites excluding steroid dienone is 3. The molecule has 1 aliphatic heterocycles. The fourth-order valence-corrected chi connectivity index (χ4v) is 1.57. The summed E-state index contributed by atoms with van der Waals surface area (Å²) < 4.78 is 5.50. The third-order valence-corrected chi connectivity index (χ3v) is 2.34. The third-order valence-electron chi connectivity index (χ3n) is 2.34. The number of ketones is 1. The van der Waals surface area contributed by atoms with Gasteiger partial charge in [0.1, 0.15) is 6.10 Å². The highest BCUT2D eigenvalue weighted by atomic mass is 16.5. The summed E-state index contributed by atoms with van der Waals surface area (Å²) >= 11 is 0. The molecule has 72 valence electrons. The van der Waals surface area contributed by atoms with Crippen LogP contribution in [0.15, 0.2) is 48.3 Å². The summed E-state index contributed by atoms with van der Waals surface area (Å²) in [7, 11) is 0. The molecule has 2 atom stereocenters. The van der Waals surface area contributed by atoms with Gasteiger partial charge < -0.3 is 4.74 Å². The van der Waals surface area contributed by atoms with Crippen molar-refractivity contribution < 1.29 is 9.53 Å². The zero-order chi connectivity index (χ0) is 10.1. The van der Waals surface area contributed by atoms with Crippen LogP contribution in [0.1, 0.15) is 6.92 Å². The molecule has 0 radical (unpaired) electrons. The molecular formula is C12H12O2. The van der Waals surface area contributed by atoms with Gasteiger partial charge in [0.25, 0.3) is 0 Å². The summed E-state index contributed by atoms with van der Waals surface area (Å²) in [6.07, 6.45) is 9.75. The van der Waals surface area contributed by atoms with E-state index in [0.717, 1.165) is 0 Å². The lowest BCUT2D eigenvalue weighted by molar-refractivity contribution is -0.115. The topological polar surface area (TPSA) is 26.3 Å². The van der Waals surface area contributed by atoms with Crippen molar-refractivity contribution in [2.75, 3.05) is 0 Å². The first kappa shape index (κ1) is 9.00. The Morgan fingerprint density at radius 1 is 1.43 bits per heavy atom. The number of rotatable bonds is 2. The highest BCUT2D eigenvalue weighted by Crippen LogP contribution is 2.29. The SMILES string of the molecule is C=C(C)C(=O)C1=CC2C=CC=CC2O1. The van der Waals surface area contributed by atoms with E-state index in [0.29, 0.717) is 11.3 Å². The van der Waals surface area contributed by atoms with Crippen LogP contribution in [0.3, 0.4) is 0 Å². The Morgan fingerprint density at radius 2 is 2.14 bits per heavy atom. The predicted molar refractivity (Wildman–Crippen MR) is 54.5 cm³/mol. The largest absolute Gasteiger partial charge is 0.482 e. The molecule has 2 rings (SSSR count). The van der Waals surface area contributed by atoms with E-state index in [4.69, 9.17) is 4.74 Å². The van der Waals surface area contributed by atoms with Crippen molar-refractivity contribution in [1.82, 2.24) is 0 Å². The van der Waals surface area contributed by atoms with Gasteiger partial charge >= 0.3 is 0 Å². The maximum Gasteiger partial charge on any atom is 0.222 e. The van der Waals surface area contributed by atoms with Crippen LogP contribution in [0.2, 0.25) is 0 Å². The minimum absolute atomic E-state index is 0.00157. The molecular weight excluding hydrogens is 176 g/mol. The average molecular weight is 188 g/mol. The van der Waals surface area contributed by atoms with E-state index < -0.39 is 0 Å². The van der Waals surface area contributed by atoms with E-state index in [1.807, 2.05) is 30.4 Å². The second-order valence-electron chi connectivity index (χ2n) is 3.57. The normalized spacial score (nSPS) is 27.9. The standard InChI is InChI=1S/C12H12O2/c1-8(2)12(13)11-7-9-5-3-4-6-10(9)14-11/h3-7,9-10H,1H2,2H3.